The Bertz CT molecular complexity index is 320. The summed E-state index contributed by atoms with van der Waals surface area (Å²) in [6.07, 6.45) is 0.840. The molecule has 0 spiro atoms. The van der Waals surface area contributed by atoms with Crippen LogP contribution in [0.25, 0.3) is 0 Å². The molecule has 0 aromatic heterocycles. The summed E-state index contributed by atoms with van der Waals surface area (Å²) in [5.74, 6) is 0. The van der Waals surface area contributed by atoms with Gasteiger partial charge in [0.05, 0.1) is 0 Å². The van der Waals surface area contributed by atoms with Gasteiger partial charge in [0.15, 0.2) is 0 Å². The van der Waals surface area contributed by atoms with Crippen molar-refractivity contribution in [2.75, 3.05) is 27.7 Å². The van der Waals surface area contributed by atoms with Gasteiger partial charge in [-0.2, -0.15) is 0 Å². The van der Waals surface area contributed by atoms with Crippen LogP contribution in [0.3, 0.4) is 0 Å². The summed E-state index contributed by atoms with van der Waals surface area (Å²) in [5.41, 5.74) is 1.02. The van der Waals surface area contributed by atoms with Gasteiger partial charge in [0.25, 0.3) is 0 Å². The van der Waals surface area contributed by atoms with Crippen molar-refractivity contribution in [2.24, 2.45) is 0 Å². The molecular weight excluding hydrogens is 243 g/mol. The van der Waals surface area contributed by atoms with E-state index in [1.54, 1.807) is 0 Å². The van der Waals surface area contributed by atoms with Gasteiger partial charge >= 0.3 is 0 Å². The highest BCUT2D eigenvalue weighted by Crippen LogP contribution is 2.25. The number of nitrogens with one attached hydrogen (secondary N) is 1. The SMILES string of the molecule is CNC(Cc1c(Cl)cccc1Cl)CN(C)C. The molecule has 0 amide bonds. The molecule has 0 saturated heterocycles. The van der Waals surface area contributed by atoms with Gasteiger partial charge in [0.1, 0.15) is 0 Å². The second-order valence-electron chi connectivity index (χ2n) is 4.15. The summed E-state index contributed by atoms with van der Waals surface area (Å²) in [5, 5.41) is 4.76. The van der Waals surface area contributed by atoms with E-state index in [1.807, 2.05) is 25.2 Å². The van der Waals surface area contributed by atoms with Crippen LogP contribution in [0.2, 0.25) is 10.0 Å². The molecule has 1 unspecified atom stereocenters. The maximum absolute atomic E-state index is 6.14. The van der Waals surface area contributed by atoms with Gasteiger partial charge < -0.3 is 10.2 Å². The molecule has 0 aliphatic heterocycles. The molecule has 1 rings (SSSR count). The van der Waals surface area contributed by atoms with E-state index in [1.165, 1.54) is 0 Å². The summed E-state index contributed by atoms with van der Waals surface area (Å²) in [6, 6.07) is 5.98. The van der Waals surface area contributed by atoms with Crippen LogP contribution in [-0.4, -0.2) is 38.6 Å². The number of hydrogen-bond acceptors (Lipinski definition) is 2. The Balaban J connectivity index is 2.77. The van der Waals surface area contributed by atoms with Crippen molar-refractivity contribution in [3.05, 3.63) is 33.8 Å². The summed E-state index contributed by atoms with van der Waals surface area (Å²) in [6.45, 7) is 0.956. The van der Waals surface area contributed by atoms with Crippen LogP contribution in [0.1, 0.15) is 5.56 Å². The quantitative estimate of drug-likeness (QED) is 0.876. The first-order valence-corrected chi connectivity index (χ1v) is 6.05. The number of nitrogens with zero attached hydrogens (tertiary/aromatic N) is 1. The fourth-order valence-electron chi connectivity index (χ4n) is 1.67. The van der Waals surface area contributed by atoms with Crippen molar-refractivity contribution in [2.45, 2.75) is 12.5 Å². The molecule has 0 aliphatic rings. The third-order valence-electron chi connectivity index (χ3n) is 2.51. The van der Waals surface area contributed by atoms with Crippen molar-refractivity contribution in [1.82, 2.24) is 10.2 Å². The lowest BCUT2D eigenvalue weighted by atomic mass is 10.1. The van der Waals surface area contributed by atoms with Crippen LogP contribution in [-0.2, 0) is 6.42 Å². The van der Waals surface area contributed by atoms with Gasteiger partial charge in [0, 0.05) is 22.6 Å². The second kappa shape index (κ2) is 6.45. The largest absolute Gasteiger partial charge is 0.315 e. The molecule has 90 valence electrons. The first-order chi connectivity index (χ1) is 7.54. The fraction of sp³-hybridized carbons (Fsp3) is 0.500. The summed E-state index contributed by atoms with van der Waals surface area (Å²) in [7, 11) is 6.07. The van der Waals surface area contributed by atoms with Gasteiger partial charge in [-0.3, -0.25) is 0 Å². The van der Waals surface area contributed by atoms with Crippen molar-refractivity contribution in [3.63, 3.8) is 0 Å². The van der Waals surface area contributed by atoms with Crippen LogP contribution < -0.4 is 5.32 Å². The van der Waals surface area contributed by atoms with E-state index >= 15 is 0 Å². The van der Waals surface area contributed by atoms with E-state index in [2.05, 4.69) is 24.3 Å². The van der Waals surface area contributed by atoms with E-state index in [0.29, 0.717) is 6.04 Å². The summed E-state index contributed by atoms with van der Waals surface area (Å²) >= 11 is 12.3. The number of likely N-dealkylation sites (N-methyl/N-ethyl adjacent to an activating group) is 2. The Labute approximate surface area is 108 Å². The monoisotopic (exact) mass is 260 g/mol. The molecular formula is C12H18Cl2N2. The zero-order valence-corrected chi connectivity index (χ0v) is 11.4. The smallest absolute Gasteiger partial charge is 0.0453 e. The Morgan fingerprint density at radius 3 is 2.25 bits per heavy atom. The van der Waals surface area contributed by atoms with Gasteiger partial charge in [-0.25, -0.2) is 0 Å². The fourth-order valence-corrected chi connectivity index (χ4v) is 2.22. The molecule has 4 heteroatoms. The Kier molecular flexibility index (Phi) is 5.56. The molecule has 0 aliphatic carbocycles. The van der Waals surface area contributed by atoms with E-state index < -0.39 is 0 Å². The Morgan fingerprint density at radius 1 is 1.25 bits per heavy atom. The molecule has 1 atom stereocenters. The standard InChI is InChI=1S/C12H18Cl2N2/c1-15-9(8-16(2)3)7-10-11(13)5-4-6-12(10)14/h4-6,9,15H,7-8H2,1-3H3. The van der Waals surface area contributed by atoms with Crippen LogP contribution in [0.5, 0.6) is 0 Å². The number of benzene rings is 1. The average Bonchev–Trinajstić information content (AvgIpc) is 2.21. The van der Waals surface area contributed by atoms with Gasteiger partial charge in [-0.05, 0) is 45.3 Å². The minimum Gasteiger partial charge on any atom is -0.315 e. The highest BCUT2D eigenvalue weighted by molar-refractivity contribution is 6.35. The zero-order valence-electron chi connectivity index (χ0n) is 9.93. The summed E-state index contributed by atoms with van der Waals surface area (Å²) in [4.78, 5) is 2.14. The van der Waals surface area contributed by atoms with E-state index in [-0.39, 0.29) is 0 Å². The molecule has 1 N–H and O–H groups in total. The predicted molar refractivity (Wildman–Crippen MR) is 71.6 cm³/mol. The van der Waals surface area contributed by atoms with Crippen molar-refractivity contribution in [3.8, 4) is 0 Å². The highest BCUT2D eigenvalue weighted by atomic mass is 35.5. The molecule has 0 fully saturated rings. The van der Waals surface area contributed by atoms with E-state index in [4.69, 9.17) is 23.2 Å². The van der Waals surface area contributed by atoms with Gasteiger partial charge in [-0.1, -0.05) is 29.3 Å². The molecule has 0 saturated carbocycles. The second-order valence-corrected chi connectivity index (χ2v) is 4.97. The molecule has 0 bridgehead atoms. The molecule has 0 radical (unpaired) electrons. The molecule has 0 heterocycles. The van der Waals surface area contributed by atoms with Crippen LogP contribution in [0.15, 0.2) is 18.2 Å². The maximum Gasteiger partial charge on any atom is 0.0453 e. The third kappa shape index (κ3) is 3.95. The van der Waals surface area contributed by atoms with Crippen molar-refractivity contribution < 1.29 is 0 Å². The van der Waals surface area contributed by atoms with Crippen LogP contribution >= 0.6 is 23.2 Å². The van der Waals surface area contributed by atoms with Crippen molar-refractivity contribution in [1.29, 1.82) is 0 Å². The number of rotatable bonds is 5. The lowest BCUT2D eigenvalue weighted by Gasteiger charge is -2.21. The normalized spacial score (nSPS) is 13.1. The molecule has 1 aromatic carbocycles. The van der Waals surface area contributed by atoms with Crippen LogP contribution in [0.4, 0.5) is 0 Å². The first-order valence-electron chi connectivity index (χ1n) is 5.29. The summed E-state index contributed by atoms with van der Waals surface area (Å²) < 4.78 is 0. The van der Waals surface area contributed by atoms with E-state index in [0.717, 1.165) is 28.6 Å². The molecule has 2 nitrogen and oxygen atoms in total. The third-order valence-corrected chi connectivity index (χ3v) is 3.21. The lowest BCUT2D eigenvalue weighted by Crippen LogP contribution is -2.37. The molecule has 1 aromatic rings. The lowest BCUT2D eigenvalue weighted by molar-refractivity contribution is 0.346. The molecule has 16 heavy (non-hydrogen) atoms. The number of halogens is 2. The van der Waals surface area contributed by atoms with E-state index in [9.17, 15) is 0 Å². The topological polar surface area (TPSA) is 15.3 Å². The highest BCUT2D eigenvalue weighted by Gasteiger charge is 2.13. The van der Waals surface area contributed by atoms with Gasteiger partial charge in [-0.15, -0.1) is 0 Å². The van der Waals surface area contributed by atoms with Gasteiger partial charge in [0.2, 0.25) is 0 Å². The Hall–Kier alpha value is -0.280. The Morgan fingerprint density at radius 2 is 1.81 bits per heavy atom. The predicted octanol–water partition coefficient (Wildman–Crippen LogP) is 2.69. The number of hydrogen-bond donors (Lipinski definition) is 1. The maximum atomic E-state index is 6.14. The minimum atomic E-state index is 0.354. The minimum absolute atomic E-state index is 0.354. The first kappa shape index (κ1) is 13.8. The zero-order chi connectivity index (χ0) is 12.1. The van der Waals surface area contributed by atoms with Crippen molar-refractivity contribution >= 4 is 23.2 Å². The average molecular weight is 261 g/mol. The van der Waals surface area contributed by atoms with Crippen LogP contribution in [0, 0.1) is 0 Å².